The highest BCUT2D eigenvalue weighted by Crippen LogP contribution is 2.32. The quantitative estimate of drug-likeness (QED) is 0.792. The molecule has 0 fully saturated rings. The van der Waals surface area contributed by atoms with E-state index in [1.807, 2.05) is 13.0 Å². The zero-order valence-corrected chi connectivity index (χ0v) is 17.8. The average molecular weight is 419 g/mol. The number of alkyl carbamates (subject to hydrolysis) is 1. The van der Waals surface area contributed by atoms with Crippen molar-refractivity contribution in [1.82, 2.24) is 10.3 Å². The number of hydrogen-bond donors (Lipinski definition) is 2. The van der Waals surface area contributed by atoms with Crippen LogP contribution in [0.5, 0.6) is 0 Å². The zero-order valence-electron chi connectivity index (χ0n) is 17.0. The Balaban J connectivity index is 1.97. The summed E-state index contributed by atoms with van der Waals surface area (Å²) in [4.78, 5) is 16.7. The van der Waals surface area contributed by atoms with Crippen molar-refractivity contribution >= 4 is 27.5 Å². The first-order valence-corrected chi connectivity index (χ1v) is 10.7. The van der Waals surface area contributed by atoms with Crippen molar-refractivity contribution in [3.63, 3.8) is 0 Å². The molecule has 0 aliphatic carbocycles. The topological polar surface area (TPSA) is 115 Å². The van der Waals surface area contributed by atoms with Crippen LogP contribution in [0.25, 0.3) is 0 Å². The summed E-state index contributed by atoms with van der Waals surface area (Å²) in [6.07, 6.45) is 1.25. The number of anilines is 2. The van der Waals surface area contributed by atoms with Gasteiger partial charge in [-0.25, -0.2) is 13.2 Å². The Labute approximate surface area is 171 Å². The molecule has 1 aliphatic rings. The SMILES string of the molecule is Cc1cccc(S(=O)(=O)N2CC(NC(=O)OC(C)(C)C)Cc3ncc(N)cc32)c1. The number of sulfonamides is 1. The van der Waals surface area contributed by atoms with Crippen molar-refractivity contribution in [3.8, 4) is 0 Å². The maximum absolute atomic E-state index is 13.4. The van der Waals surface area contributed by atoms with Crippen molar-refractivity contribution < 1.29 is 17.9 Å². The lowest BCUT2D eigenvalue weighted by Gasteiger charge is -2.35. The number of carbonyl (C=O) groups excluding carboxylic acids is 1. The number of nitrogens with one attached hydrogen (secondary N) is 1. The average Bonchev–Trinajstić information content (AvgIpc) is 2.59. The normalized spacial score (nSPS) is 16.8. The molecule has 0 bridgehead atoms. The summed E-state index contributed by atoms with van der Waals surface area (Å²) >= 11 is 0. The Kier molecular flexibility index (Phi) is 5.44. The molecule has 2 heterocycles. The number of rotatable bonds is 3. The van der Waals surface area contributed by atoms with E-state index in [4.69, 9.17) is 10.5 Å². The minimum absolute atomic E-state index is 0.0493. The molecule has 8 nitrogen and oxygen atoms in total. The van der Waals surface area contributed by atoms with Crippen molar-refractivity contribution in [2.45, 2.75) is 50.7 Å². The van der Waals surface area contributed by atoms with Gasteiger partial charge in [0.25, 0.3) is 10.0 Å². The van der Waals surface area contributed by atoms with Gasteiger partial charge in [-0.05, 0) is 51.5 Å². The van der Waals surface area contributed by atoms with Crippen molar-refractivity contribution in [2.75, 3.05) is 16.6 Å². The second kappa shape index (κ2) is 7.55. The van der Waals surface area contributed by atoms with Gasteiger partial charge in [0.2, 0.25) is 0 Å². The van der Waals surface area contributed by atoms with E-state index in [-0.39, 0.29) is 11.4 Å². The Morgan fingerprint density at radius 3 is 2.69 bits per heavy atom. The molecule has 3 rings (SSSR count). The van der Waals surface area contributed by atoms with Crippen LogP contribution in [0.3, 0.4) is 0 Å². The van der Waals surface area contributed by atoms with Crippen LogP contribution in [0, 0.1) is 6.92 Å². The van der Waals surface area contributed by atoms with Crippen LogP contribution >= 0.6 is 0 Å². The van der Waals surface area contributed by atoms with Crippen LogP contribution < -0.4 is 15.4 Å². The van der Waals surface area contributed by atoms with Crippen LogP contribution in [-0.2, 0) is 21.2 Å². The second-order valence-corrected chi connectivity index (χ2v) is 10.00. The molecule has 1 aromatic carbocycles. The standard InChI is InChI=1S/C20H26N4O4S/c1-13-6-5-7-16(8-13)29(26,27)24-12-15(23-19(25)28-20(2,3)4)10-17-18(24)9-14(21)11-22-17/h5-9,11,15H,10,12,21H2,1-4H3,(H,23,25). The first-order chi connectivity index (χ1) is 13.5. The number of nitrogens with two attached hydrogens (primary N) is 1. The number of ether oxygens (including phenoxy) is 1. The summed E-state index contributed by atoms with van der Waals surface area (Å²) in [5.74, 6) is 0. The molecular formula is C20H26N4O4S. The molecule has 0 radical (unpaired) electrons. The summed E-state index contributed by atoms with van der Waals surface area (Å²) < 4.78 is 33.3. The Hall–Kier alpha value is -2.81. The van der Waals surface area contributed by atoms with Gasteiger partial charge in [0.1, 0.15) is 5.60 Å². The number of aryl methyl sites for hydroxylation is 1. The first-order valence-electron chi connectivity index (χ1n) is 9.29. The molecule has 29 heavy (non-hydrogen) atoms. The molecule has 1 unspecified atom stereocenters. The van der Waals surface area contributed by atoms with E-state index >= 15 is 0 Å². The number of aromatic nitrogens is 1. The Bertz CT molecular complexity index is 1030. The lowest BCUT2D eigenvalue weighted by Crippen LogP contribution is -2.51. The van der Waals surface area contributed by atoms with E-state index in [2.05, 4.69) is 10.3 Å². The predicted octanol–water partition coefficient (Wildman–Crippen LogP) is 2.62. The lowest BCUT2D eigenvalue weighted by atomic mass is 10.0. The minimum atomic E-state index is -3.87. The lowest BCUT2D eigenvalue weighted by molar-refractivity contribution is 0.0505. The van der Waals surface area contributed by atoms with E-state index in [0.29, 0.717) is 23.5 Å². The highest BCUT2D eigenvalue weighted by molar-refractivity contribution is 7.92. The van der Waals surface area contributed by atoms with Crippen LogP contribution in [-0.4, -0.2) is 37.7 Å². The van der Waals surface area contributed by atoms with Crippen LogP contribution in [0.15, 0.2) is 41.4 Å². The van der Waals surface area contributed by atoms with Crippen molar-refractivity contribution in [1.29, 1.82) is 0 Å². The van der Waals surface area contributed by atoms with Gasteiger partial charge in [-0.15, -0.1) is 0 Å². The maximum Gasteiger partial charge on any atom is 0.407 e. The number of fused-ring (bicyclic) bond motifs is 1. The van der Waals surface area contributed by atoms with Crippen LogP contribution in [0.1, 0.15) is 32.0 Å². The van der Waals surface area contributed by atoms with Gasteiger partial charge >= 0.3 is 6.09 Å². The number of carbonyl (C=O) groups is 1. The van der Waals surface area contributed by atoms with Gasteiger partial charge in [0.15, 0.2) is 0 Å². The number of nitrogens with zero attached hydrogens (tertiary/aromatic N) is 2. The third-order valence-corrected chi connectivity index (χ3v) is 6.14. The van der Waals surface area contributed by atoms with E-state index in [1.54, 1.807) is 45.0 Å². The summed E-state index contributed by atoms with van der Waals surface area (Å²) in [5, 5.41) is 2.76. The molecule has 0 spiro atoms. The molecule has 1 amide bonds. The highest BCUT2D eigenvalue weighted by atomic mass is 32.2. The summed E-state index contributed by atoms with van der Waals surface area (Å²) in [6, 6.07) is 7.79. The molecule has 1 aliphatic heterocycles. The third kappa shape index (κ3) is 4.79. The van der Waals surface area contributed by atoms with E-state index < -0.39 is 27.8 Å². The molecule has 9 heteroatoms. The van der Waals surface area contributed by atoms with Crippen molar-refractivity contribution in [2.24, 2.45) is 0 Å². The molecule has 2 aromatic rings. The molecule has 0 saturated carbocycles. The Morgan fingerprint density at radius 2 is 2.03 bits per heavy atom. The molecular weight excluding hydrogens is 392 g/mol. The number of nitrogen functional groups attached to an aromatic ring is 1. The smallest absolute Gasteiger partial charge is 0.407 e. The number of pyridine rings is 1. The van der Waals surface area contributed by atoms with E-state index in [0.717, 1.165) is 5.56 Å². The molecule has 1 aromatic heterocycles. The van der Waals surface area contributed by atoms with E-state index in [1.165, 1.54) is 10.5 Å². The van der Waals surface area contributed by atoms with Crippen molar-refractivity contribution in [3.05, 3.63) is 47.8 Å². The monoisotopic (exact) mass is 418 g/mol. The van der Waals surface area contributed by atoms with Crippen LogP contribution in [0.4, 0.5) is 16.2 Å². The van der Waals surface area contributed by atoms with Crippen LogP contribution in [0.2, 0.25) is 0 Å². The maximum atomic E-state index is 13.4. The second-order valence-electron chi connectivity index (χ2n) is 8.13. The fraction of sp³-hybridized carbons (Fsp3) is 0.400. The van der Waals surface area contributed by atoms with Gasteiger partial charge in [-0.3, -0.25) is 9.29 Å². The van der Waals surface area contributed by atoms with Gasteiger partial charge in [-0.2, -0.15) is 0 Å². The van der Waals surface area contributed by atoms with Gasteiger partial charge in [0.05, 0.1) is 40.7 Å². The third-order valence-electron chi connectivity index (χ3n) is 4.36. The highest BCUT2D eigenvalue weighted by Gasteiger charge is 2.35. The number of benzene rings is 1. The van der Waals surface area contributed by atoms with Gasteiger partial charge in [0, 0.05) is 6.42 Å². The fourth-order valence-electron chi connectivity index (χ4n) is 3.17. The molecule has 1 atom stereocenters. The van der Waals surface area contributed by atoms with Gasteiger partial charge < -0.3 is 15.8 Å². The predicted molar refractivity (Wildman–Crippen MR) is 111 cm³/mol. The Morgan fingerprint density at radius 1 is 1.31 bits per heavy atom. The zero-order chi connectivity index (χ0) is 21.4. The molecule has 156 valence electrons. The van der Waals surface area contributed by atoms with Gasteiger partial charge in [-0.1, -0.05) is 12.1 Å². The minimum Gasteiger partial charge on any atom is -0.444 e. The number of amides is 1. The summed E-state index contributed by atoms with van der Waals surface area (Å²) in [7, 11) is -3.87. The summed E-state index contributed by atoms with van der Waals surface area (Å²) in [5.41, 5.74) is 7.37. The summed E-state index contributed by atoms with van der Waals surface area (Å²) in [6.45, 7) is 7.17. The molecule has 3 N–H and O–H groups in total. The largest absolute Gasteiger partial charge is 0.444 e. The first kappa shape index (κ1) is 20.9. The molecule has 0 saturated heterocycles. The number of hydrogen-bond acceptors (Lipinski definition) is 6. The van der Waals surface area contributed by atoms with E-state index in [9.17, 15) is 13.2 Å². The fourth-order valence-corrected chi connectivity index (χ4v) is 4.80.